The molecule has 1 aliphatic rings. The van der Waals surface area contributed by atoms with E-state index in [1.807, 2.05) is 0 Å². The van der Waals surface area contributed by atoms with Gasteiger partial charge in [0.25, 0.3) is 5.56 Å². The molecule has 7 rings (SSSR count). The molecule has 6 N–H and O–H groups in total. The number of nitrogens with zero attached hydrogens (tertiary/aromatic N) is 4. The van der Waals surface area contributed by atoms with Crippen molar-refractivity contribution in [2.24, 2.45) is 12.9 Å². The van der Waals surface area contributed by atoms with Gasteiger partial charge in [-0.25, -0.2) is 16.8 Å². The van der Waals surface area contributed by atoms with Crippen molar-refractivity contribution in [3.05, 3.63) is 100 Å². The van der Waals surface area contributed by atoms with E-state index in [1.165, 1.54) is 23.7 Å². The Bertz CT molecular complexity index is 3060. The van der Waals surface area contributed by atoms with E-state index in [0.717, 1.165) is 18.2 Å². The number of hydrogen-bond acceptors (Lipinski definition) is 19. The molecule has 0 amide bonds. The van der Waals surface area contributed by atoms with Gasteiger partial charge < -0.3 is 34.7 Å². The maximum absolute atomic E-state index is 14.0. The Morgan fingerprint density at radius 2 is 1.35 bits per heavy atom. The maximum Gasteiger partial charge on any atom is 1.00 e. The molecule has 0 atom stereocenters. The summed E-state index contributed by atoms with van der Waals surface area (Å²) in [6, 6.07) is 15.4. The number of aryl methyl sites for hydroxylation is 1. The van der Waals surface area contributed by atoms with Crippen LogP contribution in [0.25, 0.3) is 22.0 Å². The number of aromatic nitrogens is 4. The summed E-state index contributed by atoms with van der Waals surface area (Å²) in [6.07, 6.45) is 0. The molecule has 0 saturated carbocycles. The Labute approximate surface area is 387 Å². The third-order valence-corrected chi connectivity index (χ3v) is 11.3. The molecule has 20 nitrogen and oxygen atoms in total. The van der Waals surface area contributed by atoms with Crippen LogP contribution in [-0.2, 0) is 41.7 Å². The average molecular weight is 869 g/mol. The van der Waals surface area contributed by atoms with E-state index in [-0.39, 0.29) is 115 Å². The van der Waals surface area contributed by atoms with Gasteiger partial charge in [-0.2, -0.15) is 33.6 Å². The number of carbonyl (C=O) groups is 1. The molecule has 0 fully saturated rings. The van der Waals surface area contributed by atoms with Crippen LogP contribution in [-0.4, -0.2) is 64.8 Å². The van der Waals surface area contributed by atoms with Crippen LogP contribution < -0.4 is 108 Å². The molecule has 57 heavy (non-hydrogen) atoms. The molecule has 0 radical (unpaired) electrons. The second-order valence-corrected chi connectivity index (χ2v) is 16.0. The largest absolute Gasteiger partial charge is 1.00 e. The Balaban J connectivity index is 0.00000310. The second-order valence-electron chi connectivity index (χ2n) is 11.7. The molecule has 25 heteroatoms. The van der Waals surface area contributed by atoms with E-state index >= 15 is 0 Å². The van der Waals surface area contributed by atoms with Crippen molar-refractivity contribution in [3.63, 3.8) is 0 Å². The van der Waals surface area contributed by atoms with Crippen molar-refractivity contribution in [3.8, 4) is 17.1 Å². The molecule has 0 aliphatic heterocycles. The quantitative estimate of drug-likeness (QED) is 0.0501. The first-order chi connectivity index (χ1) is 25.9. The van der Waals surface area contributed by atoms with Crippen LogP contribution in [0.5, 0.6) is 6.01 Å². The molecule has 0 unspecified atom stereocenters. The van der Waals surface area contributed by atoms with Crippen LogP contribution in [0.2, 0.25) is 0 Å². The first kappa shape index (κ1) is 44.4. The number of rotatable bonds is 10. The van der Waals surface area contributed by atoms with Crippen molar-refractivity contribution < 1.29 is 129 Å². The van der Waals surface area contributed by atoms with Gasteiger partial charge in [0, 0.05) is 29.8 Å². The standard InChI is InChI=1S/C32H24N8O12S3.K.Na/c1-40-23-9-8-20(28-27(23)19(14-26(40)41)17-4-2-3-5-18(17)29(28)42)35-21-12-15(6-10-24(21)54(47,48)49)34-30-37-31(39-32(43)38-30)36-22-13-16(53(44,45)46)7-11-25(22)55(50,51)52-33;;/h2-14,35H,33H2,1H3,(H,44,45,46)(H,47,48,49)(H3,34,36,37,38,39,43);;/q;2*+1/p-2. The van der Waals surface area contributed by atoms with Gasteiger partial charge in [-0.05, 0) is 59.7 Å². The minimum atomic E-state index is -5.15. The van der Waals surface area contributed by atoms with Gasteiger partial charge in [0.1, 0.15) is 25.1 Å². The van der Waals surface area contributed by atoms with Gasteiger partial charge in [-0.1, -0.05) is 24.3 Å². The predicted octanol–water partition coefficient (Wildman–Crippen LogP) is -3.73. The van der Waals surface area contributed by atoms with Gasteiger partial charge in [-0.15, -0.1) is 0 Å². The van der Waals surface area contributed by atoms with Crippen molar-refractivity contribution in [2.75, 3.05) is 16.0 Å². The van der Waals surface area contributed by atoms with Crippen molar-refractivity contribution >= 4 is 81.7 Å². The van der Waals surface area contributed by atoms with Gasteiger partial charge in [0.05, 0.1) is 37.9 Å². The number of hydrogen-bond donors (Lipinski definition) is 5. The topological polar surface area (TPSA) is 318 Å². The average Bonchev–Trinajstić information content (AvgIpc) is 3.11. The van der Waals surface area contributed by atoms with E-state index in [4.69, 9.17) is 5.90 Å². The molecular formula is C32H22KN8NaO12S3. The van der Waals surface area contributed by atoms with E-state index in [9.17, 15) is 49.1 Å². The zero-order valence-corrected chi connectivity index (χ0v) is 37.1. The Morgan fingerprint density at radius 3 is 2.00 bits per heavy atom. The predicted molar refractivity (Wildman–Crippen MR) is 191 cm³/mol. The third-order valence-electron chi connectivity index (χ3n) is 8.38. The Morgan fingerprint density at radius 1 is 0.719 bits per heavy atom. The number of pyridine rings is 1. The summed E-state index contributed by atoms with van der Waals surface area (Å²) in [5.74, 6) is 3.37. The van der Waals surface area contributed by atoms with Gasteiger partial charge in [0.2, 0.25) is 11.9 Å². The minimum Gasteiger partial charge on any atom is -0.744 e. The summed E-state index contributed by atoms with van der Waals surface area (Å²) in [5, 5.41) is 18.6. The van der Waals surface area contributed by atoms with Crippen LogP contribution in [0.1, 0.15) is 15.9 Å². The monoisotopic (exact) mass is 868 g/mol. The molecule has 0 spiro atoms. The molecule has 2 aromatic heterocycles. The smallest absolute Gasteiger partial charge is 0.744 e. The molecule has 282 valence electrons. The fourth-order valence-electron chi connectivity index (χ4n) is 5.98. The first-order valence-corrected chi connectivity index (χ1v) is 19.5. The first-order valence-electron chi connectivity index (χ1n) is 15.3. The van der Waals surface area contributed by atoms with Crippen molar-refractivity contribution in [1.29, 1.82) is 0 Å². The van der Waals surface area contributed by atoms with Crippen molar-refractivity contribution in [2.45, 2.75) is 14.7 Å². The summed E-state index contributed by atoms with van der Waals surface area (Å²) in [5.41, 5.74) is 0.642. The number of fused-ring (bicyclic) bond motifs is 2. The fraction of sp³-hybridized carbons (Fsp3) is 0.0312. The molecule has 1 aliphatic carbocycles. The summed E-state index contributed by atoms with van der Waals surface area (Å²) >= 11 is 0. The summed E-state index contributed by atoms with van der Waals surface area (Å²) < 4.78 is 102. The number of ketones is 1. The molecular weight excluding hydrogens is 847 g/mol. The molecule has 6 aromatic rings. The summed E-state index contributed by atoms with van der Waals surface area (Å²) in [6.45, 7) is 0. The molecule has 0 saturated heterocycles. The number of carbonyl (C=O) groups excluding carboxylic acids is 1. The van der Waals surface area contributed by atoms with Gasteiger partial charge in [0.15, 0.2) is 5.78 Å². The number of aromatic hydroxyl groups is 1. The van der Waals surface area contributed by atoms with Crippen LogP contribution in [0.4, 0.5) is 34.6 Å². The van der Waals surface area contributed by atoms with Gasteiger partial charge in [-0.3, -0.25) is 9.59 Å². The number of nitrogens with one attached hydrogen (secondary N) is 3. The van der Waals surface area contributed by atoms with Crippen LogP contribution in [0, 0.1) is 0 Å². The minimum absolute atomic E-state index is 0. The Kier molecular flexibility index (Phi) is 12.9. The van der Waals surface area contributed by atoms with E-state index in [1.54, 1.807) is 30.3 Å². The molecule has 0 bridgehead atoms. The third kappa shape index (κ3) is 8.70. The maximum atomic E-state index is 14.0. The van der Waals surface area contributed by atoms with E-state index in [2.05, 4.69) is 35.2 Å². The summed E-state index contributed by atoms with van der Waals surface area (Å²) in [7, 11) is -13.4. The molecule has 2 heterocycles. The molecule has 4 aromatic carbocycles. The fourth-order valence-corrected chi connectivity index (χ4v) is 7.81. The van der Waals surface area contributed by atoms with Crippen LogP contribution in [0.15, 0.2) is 98.3 Å². The number of anilines is 6. The summed E-state index contributed by atoms with van der Waals surface area (Å²) in [4.78, 5) is 35.9. The van der Waals surface area contributed by atoms with Gasteiger partial charge >= 0.3 is 97.1 Å². The SMILES string of the molecule is Cn1c(=O)cc2c3c(c(Nc4cc(Nc5nc(O)nc(Nc6cc(S(=O)(=O)[O-])ccc6S(=O)(=O)ON)n5)ccc4S(=O)(=O)[O-])ccc31)C(=O)c1ccccc1-2.[K+].[Na+]. The van der Waals surface area contributed by atoms with Crippen LogP contribution >= 0.6 is 0 Å². The van der Waals surface area contributed by atoms with Crippen molar-refractivity contribution in [1.82, 2.24) is 19.5 Å². The van der Waals surface area contributed by atoms with Crippen LogP contribution in [0.3, 0.4) is 0 Å². The Hall–Kier alpha value is -3.70. The number of nitrogens with two attached hydrogens (primary N) is 1. The van der Waals surface area contributed by atoms with E-state index < -0.39 is 74.4 Å². The zero-order valence-electron chi connectivity index (χ0n) is 29.5. The zero-order chi connectivity index (χ0) is 39.6. The normalized spacial score (nSPS) is 12.2. The van der Waals surface area contributed by atoms with E-state index in [0.29, 0.717) is 40.2 Å². The number of benzene rings is 4. The second kappa shape index (κ2) is 16.5.